The number of hydrogen-bond donors (Lipinski definition) is 1. The van der Waals surface area contributed by atoms with Gasteiger partial charge >= 0.3 is 5.69 Å². The smallest absolute Gasteiger partial charge is 0.350 e. The predicted octanol–water partition coefficient (Wildman–Crippen LogP) is 2.52. The Hall–Kier alpha value is -3.13. The summed E-state index contributed by atoms with van der Waals surface area (Å²) < 4.78 is 4.31. The zero-order valence-electron chi connectivity index (χ0n) is 15.6. The molecule has 0 bridgehead atoms. The summed E-state index contributed by atoms with van der Waals surface area (Å²) in [5.74, 6) is -0.186. The fourth-order valence-corrected chi connectivity index (χ4v) is 4.00. The average molecular weight is 411 g/mol. The number of halogens is 1. The molecule has 1 aliphatic carbocycles. The molecule has 5 rings (SSSR count). The lowest BCUT2D eigenvalue weighted by Gasteiger charge is -2.10. The Morgan fingerprint density at radius 3 is 2.66 bits per heavy atom. The summed E-state index contributed by atoms with van der Waals surface area (Å²) in [5.41, 5.74) is 2.45. The van der Waals surface area contributed by atoms with Crippen LogP contribution in [-0.4, -0.2) is 35.7 Å². The van der Waals surface area contributed by atoms with Crippen molar-refractivity contribution in [3.63, 3.8) is 0 Å². The molecular formula is C20H19ClN6O2. The second kappa shape index (κ2) is 7.04. The Labute approximate surface area is 170 Å². The van der Waals surface area contributed by atoms with E-state index in [-0.39, 0.29) is 24.2 Å². The molecule has 0 saturated heterocycles. The Morgan fingerprint density at radius 2 is 1.90 bits per heavy atom. The number of fused-ring (bicyclic) bond motifs is 3. The number of aromatic nitrogens is 5. The summed E-state index contributed by atoms with van der Waals surface area (Å²) in [7, 11) is 0. The maximum absolute atomic E-state index is 12.7. The van der Waals surface area contributed by atoms with Crippen LogP contribution < -0.4 is 11.0 Å². The van der Waals surface area contributed by atoms with E-state index in [0.29, 0.717) is 16.2 Å². The first-order chi connectivity index (χ1) is 14.1. The van der Waals surface area contributed by atoms with Crippen LogP contribution in [0.1, 0.15) is 25.7 Å². The van der Waals surface area contributed by atoms with Crippen molar-refractivity contribution in [3.05, 3.63) is 58.2 Å². The van der Waals surface area contributed by atoms with Gasteiger partial charge in [-0.1, -0.05) is 36.6 Å². The Morgan fingerprint density at radius 1 is 1.14 bits per heavy atom. The van der Waals surface area contributed by atoms with Crippen molar-refractivity contribution in [2.45, 2.75) is 38.3 Å². The standard InChI is InChI=1S/C20H19ClN6O2/c21-14-7-5-13(6-8-14)16-11-17-19-24-27(12-18(28)22-15-3-1-2-4-15)20(29)25(19)9-10-26(17)23-16/h5-11,15H,1-4,12H2,(H,22,28). The van der Waals surface area contributed by atoms with Gasteiger partial charge in [-0.25, -0.2) is 18.4 Å². The Bertz CT molecular complexity index is 1260. The summed E-state index contributed by atoms with van der Waals surface area (Å²) in [6, 6.07) is 9.46. The molecule has 3 heterocycles. The van der Waals surface area contributed by atoms with Crippen molar-refractivity contribution in [2.24, 2.45) is 0 Å². The lowest BCUT2D eigenvalue weighted by molar-refractivity contribution is -0.122. The third-order valence-corrected chi connectivity index (χ3v) is 5.60. The monoisotopic (exact) mass is 410 g/mol. The zero-order valence-corrected chi connectivity index (χ0v) is 16.3. The molecule has 4 aromatic rings. The second-order valence-electron chi connectivity index (χ2n) is 7.35. The molecule has 0 aliphatic heterocycles. The molecule has 1 amide bonds. The van der Waals surface area contributed by atoms with Gasteiger partial charge in [-0.2, -0.15) is 5.10 Å². The summed E-state index contributed by atoms with van der Waals surface area (Å²) in [6.07, 6.45) is 7.57. The van der Waals surface area contributed by atoms with Crippen LogP contribution in [0.25, 0.3) is 22.4 Å². The van der Waals surface area contributed by atoms with Crippen molar-refractivity contribution in [1.29, 1.82) is 0 Å². The molecule has 29 heavy (non-hydrogen) atoms. The third kappa shape index (κ3) is 3.29. The lowest BCUT2D eigenvalue weighted by Crippen LogP contribution is -2.37. The first-order valence-corrected chi connectivity index (χ1v) is 9.99. The van der Waals surface area contributed by atoms with E-state index in [9.17, 15) is 9.59 Å². The average Bonchev–Trinajstić information content (AvgIpc) is 3.42. The lowest BCUT2D eigenvalue weighted by atomic mass is 10.1. The van der Waals surface area contributed by atoms with Gasteiger partial charge in [-0.3, -0.25) is 4.79 Å². The van der Waals surface area contributed by atoms with Crippen molar-refractivity contribution in [1.82, 2.24) is 29.1 Å². The normalized spacial score (nSPS) is 14.8. The van der Waals surface area contributed by atoms with Crippen molar-refractivity contribution < 1.29 is 4.79 Å². The van der Waals surface area contributed by atoms with Crippen LogP contribution in [0.5, 0.6) is 0 Å². The number of carbonyl (C=O) groups excluding carboxylic acids is 1. The molecule has 0 unspecified atom stereocenters. The SMILES string of the molecule is O=C(Cn1nc2c3cc(-c4ccc(Cl)cc4)nn3ccn2c1=O)NC1CCCC1. The molecule has 1 saturated carbocycles. The number of nitrogens with one attached hydrogen (secondary N) is 1. The van der Waals surface area contributed by atoms with Crippen molar-refractivity contribution >= 4 is 28.7 Å². The van der Waals surface area contributed by atoms with Crippen LogP contribution in [0.4, 0.5) is 0 Å². The predicted molar refractivity (Wildman–Crippen MR) is 109 cm³/mol. The minimum absolute atomic E-state index is 0.0959. The van der Waals surface area contributed by atoms with E-state index in [2.05, 4.69) is 15.5 Å². The highest BCUT2D eigenvalue weighted by atomic mass is 35.5. The molecule has 1 aromatic carbocycles. The maximum Gasteiger partial charge on any atom is 0.350 e. The molecule has 1 aliphatic rings. The van der Waals surface area contributed by atoms with Gasteiger partial charge in [-0.15, -0.1) is 5.10 Å². The molecular weight excluding hydrogens is 392 g/mol. The molecule has 0 spiro atoms. The van der Waals surface area contributed by atoms with Crippen LogP contribution in [0.2, 0.25) is 5.02 Å². The van der Waals surface area contributed by atoms with Crippen LogP contribution >= 0.6 is 11.6 Å². The topological polar surface area (TPSA) is 85.7 Å². The van der Waals surface area contributed by atoms with Gasteiger partial charge < -0.3 is 5.32 Å². The number of benzene rings is 1. The molecule has 1 fully saturated rings. The molecule has 148 valence electrons. The third-order valence-electron chi connectivity index (χ3n) is 5.35. The van der Waals surface area contributed by atoms with Crippen molar-refractivity contribution in [2.75, 3.05) is 0 Å². The first-order valence-electron chi connectivity index (χ1n) is 9.61. The number of hydrogen-bond acceptors (Lipinski definition) is 4. The second-order valence-corrected chi connectivity index (χ2v) is 7.78. The minimum Gasteiger partial charge on any atom is -0.352 e. The molecule has 9 heteroatoms. The minimum atomic E-state index is -0.349. The van der Waals surface area contributed by atoms with Gasteiger partial charge in [0.2, 0.25) is 5.91 Å². The fourth-order valence-electron chi connectivity index (χ4n) is 3.88. The number of nitrogens with zero attached hydrogens (tertiary/aromatic N) is 5. The van der Waals surface area contributed by atoms with Crippen molar-refractivity contribution in [3.8, 4) is 11.3 Å². The van der Waals surface area contributed by atoms with E-state index in [4.69, 9.17) is 11.6 Å². The molecule has 1 N–H and O–H groups in total. The van der Waals surface area contributed by atoms with E-state index < -0.39 is 0 Å². The molecule has 0 radical (unpaired) electrons. The highest BCUT2D eigenvalue weighted by Crippen LogP contribution is 2.23. The van der Waals surface area contributed by atoms with E-state index >= 15 is 0 Å². The van der Waals surface area contributed by atoms with Gasteiger partial charge in [0.05, 0.1) is 5.69 Å². The van der Waals surface area contributed by atoms with E-state index in [1.807, 2.05) is 18.2 Å². The quantitative estimate of drug-likeness (QED) is 0.560. The molecule has 8 nitrogen and oxygen atoms in total. The Kier molecular flexibility index (Phi) is 4.35. The zero-order chi connectivity index (χ0) is 20.0. The van der Waals surface area contributed by atoms with Gasteiger partial charge in [0.15, 0.2) is 5.65 Å². The van der Waals surface area contributed by atoms with Crippen LogP contribution in [0.3, 0.4) is 0 Å². The largest absolute Gasteiger partial charge is 0.352 e. The molecule has 0 atom stereocenters. The summed E-state index contributed by atoms with van der Waals surface area (Å²) in [6.45, 7) is -0.0959. The van der Waals surface area contributed by atoms with Gasteiger partial charge in [-0.05, 0) is 31.0 Å². The van der Waals surface area contributed by atoms with E-state index in [1.165, 1.54) is 9.08 Å². The summed E-state index contributed by atoms with van der Waals surface area (Å²) >= 11 is 5.96. The van der Waals surface area contributed by atoms with Gasteiger partial charge in [0, 0.05) is 29.0 Å². The van der Waals surface area contributed by atoms with E-state index in [1.54, 1.807) is 29.0 Å². The highest BCUT2D eigenvalue weighted by molar-refractivity contribution is 6.30. The highest BCUT2D eigenvalue weighted by Gasteiger charge is 2.19. The van der Waals surface area contributed by atoms with Crippen LogP contribution in [0, 0.1) is 0 Å². The number of carbonyl (C=O) groups is 1. The van der Waals surface area contributed by atoms with Crippen LogP contribution in [-0.2, 0) is 11.3 Å². The maximum atomic E-state index is 12.7. The van der Waals surface area contributed by atoms with Gasteiger partial charge in [0.25, 0.3) is 0 Å². The summed E-state index contributed by atoms with van der Waals surface area (Å²) in [5, 5.41) is 12.6. The first kappa shape index (κ1) is 17.9. The van der Waals surface area contributed by atoms with Gasteiger partial charge in [0.1, 0.15) is 12.1 Å². The number of amides is 1. The fraction of sp³-hybridized carbons (Fsp3) is 0.300. The number of rotatable bonds is 4. The molecule has 3 aromatic heterocycles. The van der Waals surface area contributed by atoms with E-state index in [0.717, 1.165) is 36.9 Å². The van der Waals surface area contributed by atoms with Crippen LogP contribution in [0.15, 0.2) is 47.5 Å². The Balaban J connectivity index is 1.50. The summed E-state index contributed by atoms with van der Waals surface area (Å²) in [4.78, 5) is 25.0.